The molecule has 1 aliphatic heterocycles. The van der Waals surface area contributed by atoms with Crippen LogP contribution < -0.4 is 10.6 Å². The molecule has 0 saturated heterocycles. The Morgan fingerprint density at radius 3 is 2.58 bits per heavy atom. The Morgan fingerprint density at radius 2 is 1.86 bits per heavy atom. The minimum atomic E-state index is -0.397. The zero-order chi connectivity index (χ0) is 25.6. The first-order valence-electron chi connectivity index (χ1n) is 12.0. The summed E-state index contributed by atoms with van der Waals surface area (Å²) in [4.78, 5) is 51.6. The maximum Gasteiger partial charge on any atom is 0.280 e. The third-order valence-electron chi connectivity index (χ3n) is 6.93. The summed E-state index contributed by atoms with van der Waals surface area (Å²) in [6.45, 7) is 1.71. The number of nitrogens with one attached hydrogen (secondary N) is 3. The van der Waals surface area contributed by atoms with Gasteiger partial charge in [-0.1, -0.05) is 11.6 Å². The van der Waals surface area contributed by atoms with Crippen molar-refractivity contribution in [3.05, 3.63) is 50.6 Å². The summed E-state index contributed by atoms with van der Waals surface area (Å²) in [6, 6.07) is 6.34. The molecule has 0 bridgehead atoms. The van der Waals surface area contributed by atoms with E-state index in [4.69, 9.17) is 11.6 Å². The summed E-state index contributed by atoms with van der Waals surface area (Å²) in [6.07, 6.45) is 1.72. The van der Waals surface area contributed by atoms with Crippen LogP contribution >= 0.6 is 22.9 Å². The normalized spacial score (nSPS) is 21.8. The van der Waals surface area contributed by atoms with E-state index in [-0.39, 0.29) is 23.6 Å². The van der Waals surface area contributed by atoms with Gasteiger partial charge in [-0.2, -0.15) is 0 Å². The van der Waals surface area contributed by atoms with Crippen LogP contribution in [0.15, 0.2) is 24.3 Å². The van der Waals surface area contributed by atoms with Gasteiger partial charge in [0.05, 0.1) is 17.8 Å². The Bertz CT molecular complexity index is 1330. The van der Waals surface area contributed by atoms with Crippen LogP contribution in [0.4, 0.5) is 0 Å². The Hall–Kier alpha value is -2.95. The quantitative estimate of drug-likeness (QED) is 0.471. The highest BCUT2D eigenvalue weighted by Gasteiger charge is 2.40. The smallest absolute Gasteiger partial charge is 0.280 e. The number of benzene rings is 1. The highest BCUT2D eigenvalue weighted by Crippen LogP contribution is 2.30. The first-order valence-corrected chi connectivity index (χ1v) is 13.2. The van der Waals surface area contributed by atoms with Crippen molar-refractivity contribution in [2.45, 2.75) is 37.9 Å². The van der Waals surface area contributed by atoms with Crippen molar-refractivity contribution >= 4 is 51.6 Å². The summed E-state index contributed by atoms with van der Waals surface area (Å²) in [5, 5.41) is 7.96. The van der Waals surface area contributed by atoms with Crippen LogP contribution in [0.3, 0.4) is 0 Å². The third kappa shape index (κ3) is 4.98. The van der Waals surface area contributed by atoms with Gasteiger partial charge in [-0.25, -0.2) is 4.98 Å². The molecule has 36 heavy (non-hydrogen) atoms. The van der Waals surface area contributed by atoms with Gasteiger partial charge < -0.3 is 25.4 Å². The lowest BCUT2D eigenvalue weighted by Gasteiger charge is -2.21. The number of carbonyl (C=O) groups excluding carboxylic acids is 3. The molecule has 3 unspecified atom stereocenters. The van der Waals surface area contributed by atoms with Crippen LogP contribution in [-0.2, 0) is 17.8 Å². The number of rotatable bonds is 5. The molecule has 1 saturated carbocycles. The first kappa shape index (κ1) is 24.7. The van der Waals surface area contributed by atoms with Gasteiger partial charge in [0, 0.05) is 60.3 Å². The summed E-state index contributed by atoms with van der Waals surface area (Å²) < 4.78 is 0. The molecule has 11 heteroatoms. The van der Waals surface area contributed by atoms with E-state index in [0.717, 1.165) is 41.0 Å². The van der Waals surface area contributed by atoms with Gasteiger partial charge in [0.1, 0.15) is 5.69 Å². The van der Waals surface area contributed by atoms with Gasteiger partial charge in [0.25, 0.3) is 11.8 Å². The largest absolute Gasteiger partial charge is 0.351 e. The second-order valence-electron chi connectivity index (χ2n) is 9.85. The molecule has 190 valence electrons. The van der Waals surface area contributed by atoms with Gasteiger partial charge in [0.2, 0.25) is 5.91 Å². The fourth-order valence-corrected chi connectivity index (χ4v) is 6.32. The summed E-state index contributed by atoms with van der Waals surface area (Å²) in [5.74, 6) is -0.869. The van der Waals surface area contributed by atoms with Crippen molar-refractivity contribution in [1.82, 2.24) is 30.4 Å². The number of hydrogen-bond acceptors (Lipinski definition) is 6. The van der Waals surface area contributed by atoms with Crippen molar-refractivity contribution in [3.63, 3.8) is 0 Å². The summed E-state index contributed by atoms with van der Waals surface area (Å²) >= 11 is 7.49. The SMILES string of the molecule is CN1CCc2nc(C(=O)NC3CC(C(=O)N(C)C)CC3NC(=O)c3cc4cc(Cl)ccc4[nH]3)sc2C1. The van der Waals surface area contributed by atoms with Gasteiger partial charge in [0.15, 0.2) is 5.01 Å². The predicted molar refractivity (Wildman–Crippen MR) is 139 cm³/mol. The van der Waals surface area contributed by atoms with Gasteiger partial charge >= 0.3 is 0 Å². The summed E-state index contributed by atoms with van der Waals surface area (Å²) in [7, 11) is 5.49. The predicted octanol–water partition coefficient (Wildman–Crippen LogP) is 2.66. The topological polar surface area (TPSA) is 110 Å². The second kappa shape index (κ2) is 9.84. The van der Waals surface area contributed by atoms with Crippen LogP contribution in [0.25, 0.3) is 10.9 Å². The van der Waals surface area contributed by atoms with E-state index >= 15 is 0 Å². The van der Waals surface area contributed by atoms with Crippen molar-refractivity contribution in [1.29, 1.82) is 0 Å². The van der Waals surface area contributed by atoms with Crippen molar-refractivity contribution in [3.8, 4) is 0 Å². The molecule has 0 spiro atoms. The number of nitrogens with zero attached hydrogens (tertiary/aromatic N) is 3. The number of H-pyrrole nitrogens is 1. The van der Waals surface area contributed by atoms with E-state index in [0.29, 0.717) is 28.6 Å². The molecule has 3 atom stereocenters. The zero-order valence-electron chi connectivity index (χ0n) is 20.4. The molecule has 1 aromatic carbocycles. The molecule has 1 fully saturated rings. The van der Waals surface area contributed by atoms with Crippen LogP contribution in [-0.4, -0.2) is 77.3 Å². The van der Waals surface area contributed by atoms with E-state index in [1.54, 1.807) is 37.2 Å². The lowest BCUT2D eigenvalue weighted by atomic mass is 10.1. The molecule has 3 aromatic rings. The van der Waals surface area contributed by atoms with Gasteiger partial charge in [-0.3, -0.25) is 14.4 Å². The van der Waals surface area contributed by atoms with E-state index in [1.807, 2.05) is 6.07 Å². The lowest BCUT2D eigenvalue weighted by molar-refractivity contribution is -0.132. The van der Waals surface area contributed by atoms with E-state index in [1.165, 1.54) is 11.3 Å². The van der Waals surface area contributed by atoms with E-state index in [2.05, 4.69) is 32.5 Å². The van der Waals surface area contributed by atoms with E-state index < -0.39 is 12.1 Å². The number of aromatic nitrogens is 2. The minimum Gasteiger partial charge on any atom is -0.351 e. The van der Waals surface area contributed by atoms with Crippen molar-refractivity contribution < 1.29 is 14.4 Å². The third-order valence-corrected chi connectivity index (χ3v) is 8.25. The molecule has 1 aliphatic carbocycles. The number of aromatic amines is 1. The molecular formula is C25H29ClN6O3S. The molecule has 3 heterocycles. The number of halogens is 1. The summed E-state index contributed by atoms with van der Waals surface area (Å²) in [5.41, 5.74) is 2.19. The molecular weight excluding hydrogens is 500 g/mol. The number of likely N-dealkylation sites (N-methyl/N-ethyl adjacent to an activating group) is 1. The average molecular weight is 529 g/mol. The number of amides is 3. The van der Waals surface area contributed by atoms with Crippen molar-refractivity contribution in [2.24, 2.45) is 5.92 Å². The molecule has 2 aliphatic rings. The second-order valence-corrected chi connectivity index (χ2v) is 11.4. The zero-order valence-corrected chi connectivity index (χ0v) is 22.0. The molecule has 5 rings (SSSR count). The number of thiazole rings is 1. The standard InChI is InChI=1S/C25H29ClN6O3S/c1-31(2)25(35)14-10-18(28-22(33)20-9-13-8-15(26)4-5-16(13)27-20)19(11-14)29-23(34)24-30-17-6-7-32(3)12-21(17)36-24/h4-5,8-9,14,18-19,27H,6-7,10-12H2,1-3H3,(H,28,33)(H,29,34). The van der Waals surface area contributed by atoms with E-state index in [9.17, 15) is 14.4 Å². The average Bonchev–Trinajstić information content (AvgIpc) is 3.54. The number of fused-ring (bicyclic) bond motifs is 2. The highest BCUT2D eigenvalue weighted by atomic mass is 35.5. The minimum absolute atomic E-state index is 0.0148. The number of hydrogen-bond donors (Lipinski definition) is 3. The molecule has 3 amide bonds. The van der Waals surface area contributed by atoms with Crippen molar-refractivity contribution in [2.75, 3.05) is 27.7 Å². The monoisotopic (exact) mass is 528 g/mol. The van der Waals surface area contributed by atoms with Crippen LogP contribution in [0.2, 0.25) is 5.02 Å². The van der Waals surface area contributed by atoms with Gasteiger partial charge in [-0.05, 0) is 44.2 Å². The van der Waals surface area contributed by atoms with Crippen LogP contribution in [0, 0.1) is 5.92 Å². The maximum atomic E-state index is 13.2. The highest BCUT2D eigenvalue weighted by molar-refractivity contribution is 7.13. The molecule has 0 radical (unpaired) electrons. The number of carbonyl (C=O) groups is 3. The molecule has 2 aromatic heterocycles. The fourth-order valence-electron chi connectivity index (χ4n) is 5.05. The van der Waals surface area contributed by atoms with Crippen LogP contribution in [0.5, 0.6) is 0 Å². The molecule has 3 N–H and O–H groups in total. The first-order chi connectivity index (χ1) is 17.2. The lowest BCUT2D eigenvalue weighted by Crippen LogP contribution is -2.48. The Labute approximate surface area is 218 Å². The maximum absolute atomic E-state index is 13.2. The molecule has 9 nitrogen and oxygen atoms in total. The Morgan fingerprint density at radius 1 is 1.14 bits per heavy atom. The van der Waals surface area contributed by atoms with Gasteiger partial charge in [-0.15, -0.1) is 11.3 Å². The van der Waals surface area contributed by atoms with Crippen LogP contribution in [0.1, 0.15) is 43.7 Å². The Balaban J connectivity index is 1.33. The fraction of sp³-hybridized carbons (Fsp3) is 0.440. The Kier molecular flexibility index (Phi) is 6.76.